The lowest BCUT2D eigenvalue weighted by molar-refractivity contribution is 0.474. The van der Waals surface area contributed by atoms with Crippen molar-refractivity contribution in [3.63, 3.8) is 0 Å². The number of phenols is 1. The number of aromatic amines is 1. The average Bonchev–Trinajstić information content (AvgIpc) is 3.20. The third-order valence-electron chi connectivity index (χ3n) is 5.75. The molecule has 0 amide bonds. The Balaban J connectivity index is 0.000000334. The van der Waals surface area contributed by atoms with Gasteiger partial charge in [-0.1, -0.05) is 68.6 Å². The number of hydrogen-bond donors (Lipinski definition) is 2. The summed E-state index contributed by atoms with van der Waals surface area (Å²) in [5.74, 6) is -0.0460. The van der Waals surface area contributed by atoms with Crippen molar-refractivity contribution >= 4 is 40.3 Å². The van der Waals surface area contributed by atoms with Crippen LogP contribution in [0.4, 0.5) is 4.39 Å². The molecule has 0 saturated carbocycles. The number of phenolic OH excluding ortho intramolecular Hbond substituents is 1. The molecule has 0 aliphatic carbocycles. The van der Waals surface area contributed by atoms with Crippen molar-refractivity contribution in [1.82, 2.24) is 4.98 Å². The van der Waals surface area contributed by atoms with Crippen molar-refractivity contribution in [3.8, 4) is 5.75 Å². The number of nitrogens with zero attached hydrogens (tertiary/aromatic N) is 1. The molecular weight excluding hydrogens is 482 g/mol. The number of halogens is 3. The van der Waals surface area contributed by atoms with E-state index in [0.29, 0.717) is 5.02 Å². The van der Waals surface area contributed by atoms with Gasteiger partial charge in [0.1, 0.15) is 11.6 Å². The number of hydrogen-bond acceptors (Lipinski definition) is 2. The fourth-order valence-electron chi connectivity index (χ4n) is 3.79. The summed E-state index contributed by atoms with van der Waals surface area (Å²) < 4.78 is 12.4. The number of aromatic hydroxyl groups is 1. The van der Waals surface area contributed by atoms with Crippen LogP contribution in [0.2, 0.25) is 10.0 Å². The van der Waals surface area contributed by atoms with Gasteiger partial charge in [-0.25, -0.2) is 4.39 Å². The molecule has 1 aromatic heterocycles. The predicted octanol–water partition coefficient (Wildman–Crippen LogP) is 9.92. The Morgan fingerprint density at radius 2 is 1.91 bits per heavy atom. The van der Waals surface area contributed by atoms with Crippen molar-refractivity contribution < 1.29 is 9.50 Å². The first kappa shape index (κ1) is 28.7. The van der Waals surface area contributed by atoms with E-state index >= 15 is 0 Å². The molecule has 0 radical (unpaired) electrons. The van der Waals surface area contributed by atoms with Crippen LogP contribution in [0.1, 0.15) is 76.6 Å². The van der Waals surface area contributed by atoms with E-state index in [1.165, 1.54) is 28.9 Å². The van der Waals surface area contributed by atoms with Crippen LogP contribution in [-0.4, -0.2) is 16.3 Å². The van der Waals surface area contributed by atoms with Gasteiger partial charge in [0, 0.05) is 33.2 Å². The maximum Gasteiger partial charge on any atom is 0.137 e. The van der Waals surface area contributed by atoms with E-state index in [1.807, 2.05) is 44.2 Å². The summed E-state index contributed by atoms with van der Waals surface area (Å²) in [6, 6.07) is 11.4. The van der Waals surface area contributed by atoms with E-state index in [1.54, 1.807) is 19.1 Å². The van der Waals surface area contributed by atoms with E-state index < -0.39 is 0 Å². The molecule has 3 nitrogen and oxygen atoms in total. The largest absolute Gasteiger partial charge is 0.506 e. The lowest BCUT2D eigenvalue weighted by atomic mass is 9.92. The monoisotopic (exact) mass is 516 g/mol. The minimum absolute atomic E-state index is 0.121. The number of H-pyrrole nitrogens is 1. The summed E-state index contributed by atoms with van der Waals surface area (Å²) in [6.45, 7) is 9.85. The highest BCUT2D eigenvalue weighted by molar-refractivity contribution is 6.32. The minimum atomic E-state index is -0.297. The number of aryl methyl sites for hydroxylation is 1. The Bertz CT molecular complexity index is 1210. The summed E-state index contributed by atoms with van der Waals surface area (Å²) in [7, 11) is 0. The van der Waals surface area contributed by atoms with Gasteiger partial charge in [0.2, 0.25) is 0 Å². The molecule has 2 aromatic carbocycles. The summed E-state index contributed by atoms with van der Waals surface area (Å²) in [5.41, 5.74) is 5.49. The highest BCUT2D eigenvalue weighted by Gasteiger charge is 2.19. The molecule has 0 bridgehead atoms. The van der Waals surface area contributed by atoms with Crippen LogP contribution >= 0.6 is 23.2 Å². The van der Waals surface area contributed by atoms with Crippen molar-refractivity contribution in [2.75, 3.05) is 0 Å². The van der Waals surface area contributed by atoms with Crippen LogP contribution in [0, 0.1) is 0 Å². The standard InChI is InChI=1S/C20H21Cl2NO.C9H14FN/c1-3-4-5-15-16-11-14(21)7-9-18(16)23-20(15)12(2)13-6-8-17(22)19(24)10-13;1-4-6-8(3)11-7-9(10)5-2/h6-12,23-24H,3-5H2,1-2H3;5-7H,4H2,1-3H3/b;8-6+,9-5+,11-7+. The van der Waals surface area contributed by atoms with Crippen molar-refractivity contribution in [2.45, 2.75) is 66.2 Å². The van der Waals surface area contributed by atoms with Gasteiger partial charge in [-0.05, 0) is 74.6 Å². The summed E-state index contributed by atoms with van der Waals surface area (Å²) in [6.07, 6.45) is 8.76. The van der Waals surface area contributed by atoms with Crippen molar-refractivity contribution in [3.05, 3.63) is 86.9 Å². The van der Waals surface area contributed by atoms with E-state index in [4.69, 9.17) is 23.2 Å². The van der Waals surface area contributed by atoms with E-state index in [-0.39, 0.29) is 17.5 Å². The highest BCUT2D eigenvalue weighted by atomic mass is 35.5. The zero-order valence-electron chi connectivity index (χ0n) is 21.1. The normalized spacial score (nSPS) is 13.3. The first-order valence-electron chi connectivity index (χ1n) is 12.0. The summed E-state index contributed by atoms with van der Waals surface area (Å²) >= 11 is 12.1. The maximum atomic E-state index is 12.4. The first-order chi connectivity index (χ1) is 16.7. The predicted molar refractivity (Wildman–Crippen MR) is 150 cm³/mol. The van der Waals surface area contributed by atoms with Crippen LogP contribution in [0.3, 0.4) is 0 Å². The number of nitrogens with one attached hydrogen (secondary N) is 1. The van der Waals surface area contributed by atoms with E-state index in [9.17, 15) is 9.50 Å². The molecule has 0 saturated heterocycles. The lowest BCUT2D eigenvalue weighted by Crippen LogP contribution is -2.01. The second-order valence-electron chi connectivity index (χ2n) is 8.43. The summed E-state index contributed by atoms with van der Waals surface area (Å²) in [4.78, 5) is 7.44. The zero-order chi connectivity index (χ0) is 26.0. The van der Waals surface area contributed by atoms with Gasteiger partial charge >= 0.3 is 0 Å². The lowest BCUT2D eigenvalue weighted by Gasteiger charge is -2.14. The second kappa shape index (κ2) is 14.1. The SMILES string of the molecule is CCCCc1c(C(C)c2ccc(Cl)c(O)c2)[nH]c2ccc(Cl)cc12.C\C=C(F)/C=N/C(C)=C/CC. The third kappa shape index (κ3) is 8.26. The molecule has 2 N–H and O–H groups in total. The van der Waals surface area contributed by atoms with Gasteiger partial charge in [0.25, 0.3) is 0 Å². The molecular formula is C29H35Cl2FN2O. The van der Waals surface area contributed by atoms with Crippen LogP contribution in [-0.2, 0) is 6.42 Å². The molecule has 6 heteroatoms. The molecule has 0 aliphatic heterocycles. The Morgan fingerprint density at radius 1 is 1.17 bits per heavy atom. The fraction of sp³-hybridized carbons (Fsp3) is 0.345. The van der Waals surface area contributed by atoms with Gasteiger partial charge in [-0.15, -0.1) is 0 Å². The third-order valence-corrected chi connectivity index (χ3v) is 6.31. The number of aromatic nitrogens is 1. The van der Waals surface area contributed by atoms with Gasteiger partial charge in [-0.2, -0.15) is 0 Å². The molecule has 188 valence electrons. The molecule has 35 heavy (non-hydrogen) atoms. The fourth-order valence-corrected chi connectivity index (χ4v) is 4.07. The molecule has 1 atom stereocenters. The number of allylic oxidation sites excluding steroid dienone is 4. The topological polar surface area (TPSA) is 48.4 Å². The van der Waals surface area contributed by atoms with Crippen molar-refractivity contribution in [2.24, 2.45) is 4.99 Å². The molecule has 3 aromatic rings. The Morgan fingerprint density at radius 3 is 2.54 bits per heavy atom. The van der Waals surface area contributed by atoms with Gasteiger partial charge in [-0.3, -0.25) is 4.99 Å². The van der Waals surface area contributed by atoms with Gasteiger partial charge in [0.15, 0.2) is 0 Å². The number of fused-ring (bicyclic) bond motifs is 1. The average molecular weight is 518 g/mol. The molecule has 0 fully saturated rings. The van der Waals surface area contributed by atoms with E-state index in [2.05, 4.69) is 23.8 Å². The smallest absolute Gasteiger partial charge is 0.137 e. The van der Waals surface area contributed by atoms with Gasteiger partial charge < -0.3 is 10.1 Å². The molecule has 0 spiro atoms. The quantitative estimate of drug-likeness (QED) is 0.287. The van der Waals surface area contributed by atoms with Gasteiger partial charge in [0.05, 0.1) is 11.2 Å². The molecule has 0 aliphatic rings. The number of benzene rings is 2. The number of unbranched alkanes of at least 4 members (excludes halogenated alkanes) is 1. The van der Waals surface area contributed by atoms with Crippen molar-refractivity contribution in [1.29, 1.82) is 0 Å². The molecule has 3 rings (SSSR count). The molecule has 1 unspecified atom stereocenters. The highest BCUT2D eigenvalue weighted by Crippen LogP contribution is 2.36. The Hall–Kier alpha value is -2.56. The first-order valence-corrected chi connectivity index (χ1v) is 12.8. The van der Waals surface area contributed by atoms with E-state index in [0.717, 1.165) is 47.5 Å². The van der Waals surface area contributed by atoms with Crippen LogP contribution in [0.5, 0.6) is 5.75 Å². The van der Waals surface area contributed by atoms with Crippen LogP contribution in [0.25, 0.3) is 10.9 Å². The number of aliphatic imine (C=N–C) groups is 1. The second-order valence-corrected chi connectivity index (χ2v) is 9.27. The van der Waals surface area contributed by atoms with Crippen LogP contribution in [0.15, 0.2) is 65.1 Å². The minimum Gasteiger partial charge on any atom is -0.506 e. The van der Waals surface area contributed by atoms with Crippen LogP contribution < -0.4 is 0 Å². The zero-order valence-corrected chi connectivity index (χ0v) is 22.6. The molecule has 1 heterocycles. The number of rotatable bonds is 8. The maximum absolute atomic E-state index is 12.4. The Kier molecular flexibility index (Phi) is 11.6. The summed E-state index contributed by atoms with van der Waals surface area (Å²) in [5, 5.41) is 12.2. The Labute approximate surface area is 218 Å².